The second kappa shape index (κ2) is 9.46. The van der Waals surface area contributed by atoms with Gasteiger partial charge in [0, 0.05) is 10.8 Å². The summed E-state index contributed by atoms with van der Waals surface area (Å²) >= 11 is 7.43. The van der Waals surface area contributed by atoms with Gasteiger partial charge in [0.15, 0.2) is 0 Å². The van der Waals surface area contributed by atoms with Crippen molar-refractivity contribution in [3.63, 3.8) is 0 Å². The fraction of sp³-hybridized carbons (Fsp3) is 0.526. The highest BCUT2D eigenvalue weighted by atomic mass is 35.5. The molecule has 0 bridgehead atoms. The average Bonchev–Trinajstić information content (AvgIpc) is 3.04. The van der Waals surface area contributed by atoms with E-state index in [1.165, 1.54) is 11.8 Å². The van der Waals surface area contributed by atoms with Gasteiger partial charge >= 0.3 is 6.09 Å². The lowest BCUT2D eigenvalue weighted by atomic mass is 9.99. The number of carbonyl (C=O) groups is 1. The first-order valence-corrected chi connectivity index (χ1v) is 10.2. The number of amides is 1. The Balaban J connectivity index is 2.05. The van der Waals surface area contributed by atoms with Crippen molar-refractivity contribution in [1.82, 2.24) is 15.5 Å². The summed E-state index contributed by atoms with van der Waals surface area (Å²) in [5.74, 6) is 1.16. The zero-order chi connectivity index (χ0) is 20.0. The molecule has 1 N–H and O–H groups in total. The highest BCUT2D eigenvalue weighted by Gasteiger charge is 2.28. The zero-order valence-corrected chi connectivity index (χ0v) is 17.9. The molecule has 0 spiro atoms. The lowest BCUT2D eigenvalue weighted by Gasteiger charge is -2.24. The van der Waals surface area contributed by atoms with Gasteiger partial charge in [-0.3, -0.25) is 0 Å². The van der Waals surface area contributed by atoms with E-state index in [9.17, 15) is 4.79 Å². The van der Waals surface area contributed by atoms with E-state index in [2.05, 4.69) is 15.5 Å². The summed E-state index contributed by atoms with van der Waals surface area (Å²) in [7, 11) is 0. The Morgan fingerprint density at radius 1 is 1.37 bits per heavy atom. The van der Waals surface area contributed by atoms with Crippen LogP contribution in [0.25, 0.3) is 0 Å². The molecule has 0 aliphatic rings. The van der Waals surface area contributed by atoms with Crippen molar-refractivity contribution in [2.45, 2.75) is 63.7 Å². The smallest absolute Gasteiger partial charge is 0.408 e. The summed E-state index contributed by atoms with van der Waals surface area (Å²) in [6, 6.07) is 7.22. The number of aromatic nitrogens is 2. The number of rotatable bonds is 7. The topological polar surface area (TPSA) is 77.2 Å². The average molecular weight is 412 g/mol. The first-order valence-electron chi connectivity index (χ1n) is 8.88. The molecule has 0 fully saturated rings. The molecular formula is C19H26ClN3O3S. The number of alkyl carbamates (subject to hydrolysis) is 1. The normalized spacial score (nSPS) is 13.9. The molecule has 0 aliphatic heterocycles. The molecule has 8 heteroatoms. The van der Waals surface area contributed by atoms with Gasteiger partial charge in [-0.2, -0.15) is 0 Å². The maximum Gasteiger partial charge on any atom is 0.408 e. The van der Waals surface area contributed by atoms with Crippen LogP contribution in [0.1, 0.15) is 58.5 Å². The Bertz CT molecular complexity index is 761. The molecule has 2 aromatic rings. The van der Waals surface area contributed by atoms with E-state index >= 15 is 0 Å². The molecule has 1 amide bonds. The number of thioether (sulfide) groups is 1. The first kappa shape index (κ1) is 21.6. The first-order chi connectivity index (χ1) is 12.7. The van der Waals surface area contributed by atoms with Crippen molar-refractivity contribution in [3.05, 3.63) is 40.7 Å². The Kier molecular flexibility index (Phi) is 7.56. The fourth-order valence-electron chi connectivity index (χ4n) is 2.29. The quantitative estimate of drug-likeness (QED) is 0.595. The molecule has 0 radical (unpaired) electrons. The van der Waals surface area contributed by atoms with Gasteiger partial charge in [-0.25, -0.2) is 4.79 Å². The Morgan fingerprint density at radius 2 is 2.11 bits per heavy atom. The zero-order valence-electron chi connectivity index (χ0n) is 16.3. The SMILES string of the molecule is CCC(C)C(NC(=O)OC(C)(C)C)c1nnc(SCc2cccc(Cl)c2)o1. The standard InChI is InChI=1S/C19H26ClN3O3S/c1-6-12(2)15(21-17(24)26-19(3,4)5)16-22-23-18(25-16)27-11-13-8-7-9-14(20)10-13/h7-10,12,15H,6,11H2,1-5H3,(H,21,24). The van der Waals surface area contributed by atoms with Crippen molar-refractivity contribution >= 4 is 29.5 Å². The van der Waals surface area contributed by atoms with E-state index in [1.807, 2.05) is 58.9 Å². The lowest BCUT2D eigenvalue weighted by Crippen LogP contribution is -2.37. The van der Waals surface area contributed by atoms with Gasteiger partial charge in [0.05, 0.1) is 0 Å². The predicted octanol–water partition coefficient (Wildman–Crippen LogP) is 5.63. The van der Waals surface area contributed by atoms with Crippen molar-refractivity contribution in [2.75, 3.05) is 0 Å². The maximum atomic E-state index is 12.2. The number of hydrogen-bond acceptors (Lipinski definition) is 6. The van der Waals surface area contributed by atoms with Gasteiger partial charge in [-0.05, 0) is 44.4 Å². The molecule has 1 aromatic heterocycles. The van der Waals surface area contributed by atoms with Gasteiger partial charge in [-0.15, -0.1) is 10.2 Å². The Morgan fingerprint density at radius 3 is 2.74 bits per heavy atom. The van der Waals surface area contributed by atoms with Crippen LogP contribution in [0.3, 0.4) is 0 Å². The van der Waals surface area contributed by atoms with Gasteiger partial charge < -0.3 is 14.5 Å². The Hall–Kier alpha value is -1.73. The van der Waals surface area contributed by atoms with E-state index in [1.54, 1.807) is 0 Å². The number of nitrogens with zero attached hydrogens (tertiary/aromatic N) is 2. The van der Waals surface area contributed by atoms with Gasteiger partial charge in [0.25, 0.3) is 5.22 Å². The third-order valence-corrected chi connectivity index (χ3v) is 4.95. The summed E-state index contributed by atoms with van der Waals surface area (Å²) < 4.78 is 11.1. The molecule has 6 nitrogen and oxygen atoms in total. The summed E-state index contributed by atoms with van der Waals surface area (Å²) in [4.78, 5) is 12.2. The third kappa shape index (κ3) is 7.07. The highest BCUT2D eigenvalue weighted by Crippen LogP contribution is 2.28. The van der Waals surface area contributed by atoms with Gasteiger partial charge in [-0.1, -0.05) is 55.8 Å². The Labute approximate surface area is 169 Å². The predicted molar refractivity (Wildman–Crippen MR) is 107 cm³/mol. The monoisotopic (exact) mass is 411 g/mol. The van der Waals surface area contributed by atoms with E-state index in [-0.39, 0.29) is 5.92 Å². The molecule has 1 heterocycles. The van der Waals surface area contributed by atoms with Crippen LogP contribution in [0, 0.1) is 5.92 Å². The molecule has 148 valence electrons. The minimum Gasteiger partial charge on any atom is -0.444 e. The van der Waals surface area contributed by atoms with Crippen LogP contribution in [0.15, 0.2) is 33.9 Å². The maximum absolute atomic E-state index is 12.2. The second-order valence-corrected chi connectivity index (χ2v) is 8.70. The van der Waals surface area contributed by atoms with Gasteiger partial charge in [0.1, 0.15) is 11.6 Å². The van der Waals surface area contributed by atoms with Crippen molar-refractivity contribution < 1.29 is 13.9 Å². The van der Waals surface area contributed by atoms with E-state index in [0.717, 1.165) is 12.0 Å². The molecule has 2 atom stereocenters. The van der Waals surface area contributed by atoms with Crippen LogP contribution in [0.4, 0.5) is 4.79 Å². The summed E-state index contributed by atoms with van der Waals surface area (Å²) in [6.45, 7) is 9.52. The summed E-state index contributed by atoms with van der Waals surface area (Å²) in [5.41, 5.74) is 0.495. The van der Waals surface area contributed by atoms with Crippen molar-refractivity contribution in [2.24, 2.45) is 5.92 Å². The van der Waals surface area contributed by atoms with Crippen molar-refractivity contribution in [3.8, 4) is 0 Å². The van der Waals surface area contributed by atoms with E-state index < -0.39 is 17.7 Å². The number of ether oxygens (including phenoxy) is 1. The molecule has 27 heavy (non-hydrogen) atoms. The molecule has 0 saturated heterocycles. The third-order valence-electron chi connectivity index (χ3n) is 3.82. The van der Waals surface area contributed by atoms with Crippen LogP contribution < -0.4 is 5.32 Å². The van der Waals surface area contributed by atoms with Gasteiger partial charge in [0.2, 0.25) is 5.89 Å². The fourth-order valence-corrected chi connectivity index (χ4v) is 3.22. The summed E-state index contributed by atoms with van der Waals surface area (Å²) in [6.07, 6.45) is 0.340. The second-order valence-electron chi connectivity index (χ2n) is 7.33. The molecule has 1 aromatic carbocycles. The minimum atomic E-state index is -0.573. The largest absolute Gasteiger partial charge is 0.444 e. The summed E-state index contributed by atoms with van der Waals surface area (Å²) in [5, 5.41) is 12.2. The van der Waals surface area contributed by atoms with E-state index in [0.29, 0.717) is 21.9 Å². The molecule has 2 unspecified atom stereocenters. The molecule has 0 aliphatic carbocycles. The number of benzene rings is 1. The molecule has 2 rings (SSSR count). The lowest BCUT2D eigenvalue weighted by molar-refractivity contribution is 0.0474. The van der Waals surface area contributed by atoms with Crippen LogP contribution in [0.2, 0.25) is 5.02 Å². The minimum absolute atomic E-state index is 0.115. The number of nitrogens with one attached hydrogen (secondary N) is 1. The molecular weight excluding hydrogens is 386 g/mol. The number of halogens is 1. The van der Waals surface area contributed by atoms with E-state index in [4.69, 9.17) is 20.8 Å². The van der Waals surface area contributed by atoms with Crippen LogP contribution in [-0.2, 0) is 10.5 Å². The van der Waals surface area contributed by atoms with Crippen LogP contribution >= 0.6 is 23.4 Å². The van der Waals surface area contributed by atoms with Crippen LogP contribution in [0.5, 0.6) is 0 Å². The highest BCUT2D eigenvalue weighted by molar-refractivity contribution is 7.98. The molecule has 0 saturated carbocycles. The van der Waals surface area contributed by atoms with Crippen molar-refractivity contribution in [1.29, 1.82) is 0 Å². The van der Waals surface area contributed by atoms with Crippen LogP contribution in [-0.4, -0.2) is 21.9 Å². The number of hydrogen-bond donors (Lipinski definition) is 1. The number of carbonyl (C=O) groups excluding carboxylic acids is 1.